The minimum Gasteiger partial charge on any atom is -0.451 e. The van der Waals surface area contributed by atoms with E-state index in [0.717, 1.165) is 12.8 Å². The van der Waals surface area contributed by atoms with Crippen molar-refractivity contribution in [2.45, 2.75) is 31.6 Å². The average molecular weight is 390 g/mol. The summed E-state index contributed by atoms with van der Waals surface area (Å²) in [7, 11) is 2.12. The zero-order valence-corrected chi connectivity index (χ0v) is 17.4. The van der Waals surface area contributed by atoms with Crippen LogP contribution in [0.2, 0.25) is 0 Å². The first-order chi connectivity index (χ1) is 13.7. The van der Waals surface area contributed by atoms with E-state index in [2.05, 4.69) is 89.2 Å². The van der Waals surface area contributed by atoms with Gasteiger partial charge < -0.3 is 4.52 Å². The Morgan fingerprint density at radius 3 is 1.54 bits per heavy atom. The predicted octanol–water partition coefficient (Wildman–Crippen LogP) is 6.16. The van der Waals surface area contributed by atoms with Crippen LogP contribution in [-0.2, 0) is 14.7 Å². The van der Waals surface area contributed by atoms with Crippen molar-refractivity contribution < 1.29 is 9.32 Å². The number of hydrogen-bond donors (Lipinski definition) is 0. The smallest absolute Gasteiger partial charge is 0.311 e. The van der Waals surface area contributed by atoms with E-state index in [1.807, 2.05) is 18.2 Å². The summed E-state index contributed by atoms with van der Waals surface area (Å²) in [6.07, 6.45) is 2.38. The molecule has 0 aromatic heterocycles. The van der Waals surface area contributed by atoms with Gasteiger partial charge in [0.15, 0.2) is 0 Å². The largest absolute Gasteiger partial charge is 0.451 e. The van der Waals surface area contributed by atoms with Gasteiger partial charge in [0.2, 0.25) is 0 Å². The highest BCUT2D eigenvalue weighted by Gasteiger charge is 2.40. The first-order valence-electron chi connectivity index (χ1n) is 9.79. The maximum absolute atomic E-state index is 12.6. The maximum atomic E-state index is 12.6. The van der Waals surface area contributed by atoms with Crippen LogP contribution in [0.15, 0.2) is 91.0 Å². The SMILES string of the molecule is CCCC(CC(c1ccccc1)(c1ccccc1)c1ccccc1)C(=O)OP. The Balaban J connectivity index is 2.26. The summed E-state index contributed by atoms with van der Waals surface area (Å²) >= 11 is 0. The highest BCUT2D eigenvalue weighted by Crippen LogP contribution is 2.45. The van der Waals surface area contributed by atoms with Gasteiger partial charge >= 0.3 is 5.97 Å². The molecule has 0 N–H and O–H groups in total. The highest BCUT2D eigenvalue weighted by atomic mass is 31.0. The van der Waals surface area contributed by atoms with Gasteiger partial charge in [-0.25, -0.2) is 0 Å². The summed E-state index contributed by atoms with van der Waals surface area (Å²) in [5.41, 5.74) is 3.13. The van der Waals surface area contributed by atoms with Crippen molar-refractivity contribution in [3.05, 3.63) is 108 Å². The fourth-order valence-electron chi connectivity index (χ4n) is 4.14. The Labute approximate surface area is 170 Å². The molecule has 3 aromatic rings. The number of carbonyl (C=O) groups excluding carboxylic acids is 1. The third kappa shape index (κ3) is 4.18. The summed E-state index contributed by atoms with van der Waals surface area (Å²) in [4.78, 5) is 12.6. The van der Waals surface area contributed by atoms with Gasteiger partial charge in [-0.05, 0) is 29.5 Å². The van der Waals surface area contributed by atoms with Crippen LogP contribution in [0.25, 0.3) is 0 Å². The second kappa shape index (κ2) is 9.66. The van der Waals surface area contributed by atoms with Crippen LogP contribution < -0.4 is 0 Å². The van der Waals surface area contributed by atoms with E-state index >= 15 is 0 Å². The summed E-state index contributed by atoms with van der Waals surface area (Å²) < 4.78 is 5.10. The Hall–Kier alpha value is -2.44. The van der Waals surface area contributed by atoms with Gasteiger partial charge in [-0.2, -0.15) is 0 Å². The number of benzene rings is 3. The van der Waals surface area contributed by atoms with E-state index in [4.69, 9.17) is 4.52 Å². The monoisotopic (exact) mass is 390 g/mol. The first-order valence-corrected chi connectivity index (χ1v) is 10.3. The molecule has 0 saturated carbocycles. The Morgan fingerprint density at radius 1 is 0.821 bits per heavy atom. The molecule has 2 nitrogen and oxygen atoms in total. The first kappa shape index (κ1) is 20.3. The van der Waals surface area contributed by atoms with Crippen LogP contribution in [-0.4, -0.2) is 5.97 Å². The molecule has 3 heteroatoms. The molecular weight excluding hydrogens is 363 g/mol. The molecule has 3 rings (SSSR count). The highest BCUT2D eigenvalue weighted by molar-refractivity contribution is 7.10. The zero-order valence-electron chi connectivity index (χ0n) is 16.3. The van der Waals surface area contributed by atoms with Crippen molar-refractivity contribution >= 4 is 15.4 Å². The Kier molecular flexibility index (Phi) is 7.01. The second-order valence-corrected chi connectivity index (χ2v) is 7.37. The van der Waals surface area contributed by atoms with Gasteiger partial charge in [0.25, 0.3) is 0 Å². The molecule has 0 aliphatic rings. The van der Waals surface area contributed by atoms with Gasteiger partial charge in [0, 0.05) is 5.41 Å². The van der Waals surface area contributed by atoms with Crippen LogP contribution in [0.4, 0.5) is 0 Å². The van der Waals surface area contributed by atoms with E-state index in [-0.39, 0.29) is 11.9 Å². The molecule has 0 aliphatic heterocycles. The van der Waals surface area contributed by atoms with Gasteiger partial charge in [-0.1, -0.05) is 104 Å². The summed E-state index contributed by atoms with van der Waals surface area (Å²) in [5, 5.41) is 0. The zero-order chi connectivity index (χ0) is 19.8. The van der Waals surface area contributed by atoms with E-state index in [9.17, 15) is 4.79 Å². The van der Waals surface area contributed by atoms with E-state index in [0.29, 0.717) is 6.42 Å². The fraction of sp³-hybridized carbons (Fsp3) is 0.240. The van der Waals surface area contributed by atoms with Crippen molar-refractivity contribution in [3.63, 3.8) is 0 Å². The van der Waals surface area contributed by atoms with E-state index < -0.39 is 5.41 Å². The molecule has 28 heavy (non-hydrogen) atoms. The minimum atomic E-state index is -0.428. The summed E-state index contributed by atoms with van der Waals surface area (Å²) in [6.45, 7) is 2.11. The minimum absolute atomic E-state index is 0.168. The third-order valence-corrected chi connectivity index (χ3v) is 5.67. The lowest BCUT2D eigenvalue weighted by molar-refractivity contribution is -0.138. The average Bonchev–Trinajstić information content (AvgIpc) is 2.78. The van der Waals surface area contributed by atoms with Crippen molar-refractivity contribution in [1.29, 1.82) is 0 Å². The molecule has 2 unspecified atom stereocenters. The van der Waals surface area contributed by atoms with Crippen molar-refractivity contribution in [2.24, 2.45) is 5.92 Å². The molecule has 0 saturated heterocycles. The van der Waals surface area contributed by atoms with Crippen molar-refractivity contribution in [3.8, 4) is 0 Å². The van der Waals surface area contributed by atoms with E-state index in [1.54, 1.807) is 0 Å². The predicted molar refractivity (Wildman–Crippen MR) is 118 cm³/mol. The molecule has 0 aliphatic carbocycles. The van der Waals surface area contributed by atoms with Gasteiger partial charge in [-0.3, -0.25) is 4.79 Å². The van der Waals surface area contributed by atoms with Gasteiger partial charge in [0.05, 0.1) is 15.4 Å². The summed E-state index contributed by atoms with van der Waals surface area (Å²) in [5.74, 6) is -0.359. The molecule has 0 bridgehead atoms. The fourth-order valence-corrected chi connectivity index (χ4v) is 4.33. The summed E-state index contributed by atoms with van der Waals surface area (Å²) in [6, 6.07) is 31.5. The van der Waals surface area contributed by atoms with Crippen LogP contribution in [0, 0.1) is 5.92 Å². The maximum Gasteiger partial charge on any atom is 0.311 e. The van der Waals surface area contributed by atoms with E-state index in [1.165, 1.54) is 16.7 Å². The molecule has 0 fully saturated rings. The quantitative estimate of drug-likeness (QED) is 0.340. The van der Waals surface area contributed by atoms with Crippen LogP contribution in [0.5, 0.6) is 0 Å². The Bertz CT molecular complexity index is 766. The lowest BCUT2D eigenvalue weighted by Crippen LogP contribution is -2.34. The molecule has 2 atom stereocenters. The molecule has 144 valence electrons. The Morgan fingerprint density at radius 2 is 1.21 bits per heavy atom. The second-order valence-electron chi connectivity index (χ2n) is 7.13. The molecule has 3 aromatic carbocycles. The molecule has 0 radical (unpaired) electrons. The lowest BCUT2D eigenvalue weighted by Gasteiger charge is -2.38. The van der Waals surface area contributed by atoms with Crippen LogP contribution >= 0.6 is 9.47 Å². The van der Waals surface area contributed by atoms with Crippen molar-refractivity contribution in [2.75, 3.05) is 0 Å². The molecule has 0 heterocycles. The van der Waals surface area contributed by atoms with Crippen molar-refractivity contribution in [1.82, 2.24) is 0 Å². The standard InChI is InChI=1S/C25H27O2P/c1-2-12-20(24(26)27-28)19-25(21-13-6-3-7-14-21,22-15-8-4-9-16-22)23-17-10-5-11-18-23/h3-11,13-18,20H,2,12,19,28H2,1H3. The van der Waals surface area contributed by atoms with Crippen LogP contribution in [0.1, 0.15) is 42.9 Å². The normalized spacial score (nSPS) is 12.4. The van der Waals surface area contributed by atoms with Gasteiger partial charge in [-0.15, -0.1) is 0 Å². The third-order valence-electron chi connectivity index (χ3n) is 5.44. The number of hydrogen-bond acceptors (Lipinski definition) is 2. The number of rotatable bonds is 8. The van der Waals surface area contributed by atoms with Gasteiger partial charge in [0.1, 0.15) is 0 Å². The molecular formula is C25H27O2P. The van der Waals surface area contributed by atoms with Crippen LogP contribution in [0.3, 0.4) is 0 Å². The molecule has 0 amide bonds. The lowest BCUT2D eigenvalue weighted by atomic mass is 9.64. The molecule has 0 spiro atoms. The topological polar surface area (TPSA) is 26.3 Å². The number of carbonyl (C=O) groups is 1.